The van der Waals surface area contributed by atoms with Gasteiger partial charge in [0.1, 0.15) is 4.88 Å². The first-order chi connectivity index (χ1) is 9.95. The first-order valence-corrected chi connectivity index (χ1v) is 7.93. The van der Waals surface area contributed by atoms with E-state index in [0.717, 1.165) is 21.4 Å². The van der Waals surface area contributed by atoms with Crippen molar-refractivity contribution in [3.8, 4) is 0 Å². The van der Waals surface area contributed by atoms with E-state index in [-0.39, 0.29) is 6.61 Å². The molecule has 7 heteroatoms. The zero-order valence-corrected chi connectivity index (χ0v) is 14.1. The third kappa shape index (κ3) is 4.56. The van der Waals surface area contributed by atoms with E-state index < -0.39 is 11.9 Å². The normalized spacial score (nSPS) is 10.2. The number of rotatable bonds is 4. The molecule has 21 heavy (non-hydrogen) atoms. The Kier molecular flexibility index (Phi) is 5.39. The monoisotopic (exact) mass is 387 g/mol. The van der Waals surface area contributed by atoms with Crippen molar-refractivity contribution in [2.24, 2.45) is 0 Å². The van der Waals surface area contributed by atoms with Gasteiger partial charge in [0, 0.05) is 4.47 Å². The van der Waals surface area contributed by atoms with E-state index in [1.54, 1.807) is 18.2 Å². The fourth-order valence-corrected chi connectivity index (χ4v) is 3.06. The van der Waals surface area contributed by atoms with Crippen LogP contribution in [0, 0.1) is 6.92 Å². The largest absolute Gasteiger partial charge is 0.451 e. The zero-order chi connectivity index (χ0) is 15.4. The summed E-state index contributed by atoms with van der Waals surface area (Å²) in [4.78, 5) is 23.8. The molecule has 1 amide bonds. The first-order valence-electron chi connectivity index (χ1n) is 5.94. The number of halogens is 2. The van der Waals surface area contributed by atoms with Crippen LogP contribution in [0.3, 0.4) is 0 Å². The van der Waals surface area contributed by atoms with Gasteiger partial charge >= 0.3 is 5.97 Å². The Labute approximate surface area is 139 Å². The summed E-state index contributed by atoms with van der Waals surface area (Å²) in [6.07, 6.45) is 0. The van der Waals surface area contributed by atoms with Gasteiger partial charge in [-0.15, -0.1) is 11.3 Å². The van der Waals surface area contributed by atoms with E-state index in [9.17, 15) is 9.59 Å². The van der Waals surface area contributed by atoms with Crippen LogP contribution in [0.25, 0.3) is 0 Å². The number of anilines is 1. The zero-order valence-electron chi connectivity index (χ0n) is 11.0. The van der Waals surface area contributed by atoms with Crippen molar-refractivity contribution in [3.63, 3.8) is 0 Å². The van der Waals surface area contributed by atoms with Crippen LogP contribution in [0.1, 0.15) is 15.2 Å². The number of esters is 1. The molecule has 2 rings (SSSR count). The number of ether oxygens (including phenoxy) is 1. The summed E-state index contributed by atoms with van der Waals surface area (Å²) in [6.45, 7) is 1.60. The second-order valence-corrected chi connectivity index (χ2v) is 6.78. The highest BCUT2D eigenvalue weighted by Crippen LogP contribution is 2.24. The fraction of sp³-hybridized carbons (Fsp3) is 0.143. The van der Waals surface area contributed by atoms with Gasteiger partial charge < -0.3 is 10.1 Å². The van der Waals surface area contributed by atoms with Crippen LogP contribution in [0.15, 0.2) is 34.8 Å². The van der Waals surface area contributed by atoms with Gasteiger partial charge in [-0.3, -0.25) is 4.79 Å². The number of carbonyl (C=O) groups is 2. The molecule has 0 aliphatic rings. The lowest BCUT2D eigenvalue weighted by molar-refractivity contribution is -0.119. The average molecular weight is 389 g/mol. The van der Waals surface area contributed by atoms with Crippen LogP contribution in [-0.4, -0.2) is 18.5 Å². The number of thiophene rings is 1. The van der Waals surface area contributed by atoms with Crippen LogP contribution in [0.4, 0.5) is 5.69 Å². The van der Waals surface area contributed by atoms with Crippen molar-refractivity contribution in [3.05, 3.63) is 49.6 Å². The third-order valence-electron chi connectivity index (χ3n) is 2.51. The lowest BCUT2D eigenvalue weighted by atomic mass is 10.2. The summed E-state index contributed by atoms with van der Waals surface area (Å²) in [6, 6.07) is 8.70. The molecule has 0 fully saturated rings. The van der Waals surface area contributed by atoms with Crippen LogP contribution in [-0.2, 0) is 9.53 Å². The van der Waals surface area contributed by atoms with E-state index in [0.29, 0.717) is 14.9 Å². The molecule has 0 aliphatic carbocycles. The van der Waals surface area contributed by atoms with Crippen molar-refractivity contribution in [1.29, 1.82) is 0 Å². The topological polar surface area (TPSA) is 55.4 Å². The smallest absolute Gasteiger partial charge is 0.348 e. The number of carbonyl (C=O) groups excluding carboxylic acids is 2. The van der Waals surface area contributed by atoms with Crippen molar-refractivity contribution < 1.29 is 14.3 Å². The molecule has 0 bridgehead atoms. The Hall–Kier alpha value is -1.37. The van der Waals surface area contributed by atoms with E-state index in [1.165, 1.54) is 0 Å². The minimum Gasteiger partial charge on any atom is -0.451 e. The Morgan fingerprint density at radius 2 is 2.10 bits per heavy atom. The second kappa shape index (κ2) is 7.06. The van der Waals surface area contributed by atoms with E-state index in [4.69, 9.17) is 16.3 Å². The van der Waals surface area contributed by atoms with Gasteiger partial charge in [-0.05, 0) is 52.7 Å². The maximum atomic E-state index is 11.8. The van der Waals surface area contributed by atoms with Gasteiger partial charge in [0.2, 0.25) is 0 Å². The van der Waals surface area contributed by atoms with Crippen LogP contribution in [0.5, 0.6) is 0 Å². The first kappa shape index (κ1) is 16.0. The van der Waals surface area contributed by atoms with Gasteiger partial charge in [-0.1, -0.05) is 17.7 Å². The van der Waals surface area contributed by atoms with Crippen LogP contribution < -0.4 is 5.32 Å². The van der Waals surface area contributed by atoms with Crippen molar-refractivity contribution in [2.75, 3.05) is 11.9 Å². The highest BCUT2D eigenvalue weighted by atomic mass is 79.9. The van der Waals surface area contributed by atoms with Crippen molar-refractivity contribution in [1.82, 2.24) is 0 Å². The number of benzene rings is 1. The van der Waals surface area contributed by atoms with Gasteiger partial charge in [-0.2, -0.15) is 0 Å². The Balaban J connectivity index is 1.89. The molecule has 1 aromatic heterocycles. The lowest BCUT2D eigenvalue weighted by Gasteiger charge is -2.08. The molecule has 0 atom stereocenters. The molecule has 1 N–H and O–H groups in total. The average Bonchev–Trinajstić information content (AvgIpc) is 2.86. The van der Waals surface area contributed by atoms with Crippen LogP contribution in [0.2, 0.25) is 4.34 Å². The van der Waals surface area contributed by atoms with Crippen molar-refractivity contribution in [2.45, 2.75) is 6.92 Å². The third-order valence-corrected chi connectivity index (χ3v) is 4.37. The summed E-state index contributed by atoms with van der Waals surface area (Å²) >= 11 is 10.2. The molecule has 4 nitrogen and oxygen atoms in total. The molecular formula is C14H11BrClNO3S. The standard InChI is InChI=1S/C14H11BrClNO3S/c1-8-2-3-10(9(15)6-8)17-13(18)7-20-14(19)11-4-5-12(16)21-11/h2-6H,7H2,1H3,(H,17,18). The lowest BCUT2D eigenvalue weighted by Crippen LogP contribution is -2.20. The molecule has 1 heterocycles. The number of nitrogens with one attached hydrogen (secondary N) is 1. The summed E-state index contributed by atoms with van der Waals surface area (Å²) in [5, 5.41) is 2.66. The summed E-state index contributed by atoms with van der Waals surface area (Å²) in [7, 11) is 0. The molecule has 0 saturated heterocycles. The SMILES string of the molecule is Cc1ccc(NC(=O)COC(=O)c2ccc(Cl)s2)c(Br)c1. The summed E-state index contributed by atoms with van der Waals surface area (Å²) in [5.74, 6) is -0.972. The number of amides is 1. The molecule has 1 aromatic carbocycles. The maximum Gasteiger partial charge on any atom is 0.348 e. The van der Waals surface area contributed by atoms with Gasteiger partial charge in [0.05, 0.1) is 10.0 Å². The molecular weight excluding hydrogens is 378 g/mol. The van der Waals surface area contributed by atoms with Gasteiger partial charge in [0.25, 0.3) is 5.91 Å². The molecule has 0 unspecified atom stereocenters. The predicted molar refractivity (Wildman–Crippen MR) is 87.1 cm³/mol. The Bertz CT molecular complexity index is 687. The maximum absolute atomic E-state index is 11.8. The quantitative estimate of drug-likeness (QED) is 0.796. The highest BCUT2D eigenvalue weighted by Gasteiger charge is 2.13. The predicted octanol–water partition coefficient (Wildman–Crippen LogP) is 4.27. The molecule has 0 saturated carbocycles. The van der Waals surface area contributed by atoms with E-state index >= 15 is 0 Å². The molecule has 110 valence electrons. The minimum atomic E-state index is -0.565. The van der Waals surface area contributed by atoms with Gasteiger partial charge in [0.15, 0.2) is 6.61 Å². The van der Waals surface area contributed by atoms with E-state index in [2.05, 4.69) is 21.2 Å². The second-order valence-electron chi connectivity index (χ2n) is 4.21. The molecule has 0 spiro atoms. The molecule has 2 aromatic rings. The summed E-state index contributed by atoms with van der Waals surface area (Å²) < 4.78 is 6.19. The number of hydrogen-bond acceptors (Lipinski definition) is 4. The van der Waals surface area contributed by atoms with Crippen molar-refractivity contribution >= 4 is 56.4 Å². The summed E-state index contributed by atoms with van der Waals surface area (Å²) in [5.41, 5.74) is 1.70. The highest BCUT2D eigenvalue weighted by molar-refractivity contribution is 9.10. The molecule has 0 aliphatic heterocycles. The minimum absolute atomic E-state index is 0.353. The van der Waals surface area contributed by atoms with Gasteiger partial charge in [-0.25, -0.2) is 4.79 Å². The Morgan fingerprint density at radius 3 is 2.71 bits per heavy atom. The fourth-order valence-electron chi connectivity index (χ4n) is 1.53. The molecule has 0 radical (unpaired) electrons. The number of hydrogen-bond donors (Lipinski definition) is 1. The Morgan fingerprint density at radius 1 is 1.33 bits per heavy atom. The van der Waals surface area contributed by atoms with Crippen LogP contribution >= 0.6 is 38.9 Å². The number of aryl methyl sites for hydroxylation is 1. The van der Waals surface area contributed by atoms with E-state index in [1.807, 2.05) is 19.1 Å².